The number of hydrogen-bond acceptors (Lipinski definition) is 5. The zero-order valence-electron chi connectivity index (χ0n) is 19.9. The van der Waals surface area contributed by atoms with Crippen LogP contribution in [0.2, 0.25) is 0 Å². The van der Waals surface area contributed by atoms with Crippen molar-refractivity contribution in [3.63, 3.8) is 0 Å². The molecule has 4 rings (SSSR count). The zero-order chi connectivity index (χ0) is 25.3. The van der Waals surface area contributed by atoms with Gasteiger partial charge >= 0.3 is 5.97 Å². The lowest BCUT2D eigenvalue weighted by Crippen LogP contribution is -2.32. The lowest BCUT2D eigenvalue weighted by Gasteiger charge is -2.15. The second-order valence-corrected chi connectivity index (χ2v) is 8.78. The molecule has 3 aromatic carbocycles. The summed E-state index contributed by atoms with van der Waals surface area (Å²) in [6, 6.07) is 17.5. The molecule has 0 fully saturated rings. The van der Waals surface area contributed by atoms with Gasteiger partial charge in [-0.3, -0.25) is 9.59 Å². The Hall–Kier alpha value is -3.90. The molecule has 0 saturated carbocycles. The molecule has 7 heteroatoms. The van der Waals surface area contributed by atoms with Crippen molar-refractivity contribution in [1.82, 2.24) is 0 Å². The van der Waals surface area contributed by atoms with E-state index in [9.17, 15) is 14.4 Å². The molecule has 0 saturated heterocycles. The molecule has 1 aliphatic heterocycles. The lowest BCUT2D eigenvalue weighted by atomic mass is 10.1. The minimum absolute atomic E-state index is 0.0161. The number of amides is 2. The number of hydrogen-bond donors (Lipinski definition) is 1. The average Bonchev–Trinajstić information content (AvgIpc) is 3.07. The summed E-state index contributed by atoms with van der Waals surface area (Å²) in [5.74, 6) is -1.07. The van der Waals surface area contributed by atoms with Crippen molar-refractivity contribution in [1.29, 1.82) is 0 Å². The predicted molar refractivity (Wildman–Crippen MR) is 137 cm³/mol. The number of carbonyl (C=O) groups is 3. The molecule has 2 amide bonds. The van der Waals surface area contributed by atoms with Gasteiger partial charge in [-0.1, -0.05) is 42.8 Å². The molecule has 0 atom stereocenters. The fourth-order valence-corrected chi connectivity index (χ4v) is 4.01. The number of nitrogens with one attached hydrogen (secondary N) is 1. The monoisotopic (exact) mass is 488 g/mol. The van der Waals surface area contributed by atoms with Gasteiger partial charge in [-0.15, -0.1) is 0 Å². The van der Waals surface area contributed by atoms with Crippen molar-refractivity contribution in [2.75, 3.05) is 10.2 Å². The summed E-state index contributed by atoms with van der Waals surface area (Å²) in [6.45, 7) is 7.79. The van der Waals surface area contributed by atoms with Gasteiger partial charge in [0.15, 0.2) is 0 Å². The van der Waals surface area contributed by atoms with Crippen LogP contribution in [-0.2, 0) is 16.0 Å². The Morgan fingerprint density at radius 2 is 1.51 bits per heavy atom. The second-order valence-electron chi connectivity index (χ2n) is 8.40. The molecule has 0 bridgehead atoms. The first-order valence-corrected chi connectivity index (χ1v) is 11.6. The molecule has 178 valence electrons. The van der Waals surface area contributed by atoms with E-state index in [0.717, 1.165) is 33.6 Å². The quantitative estimate of drug-likeness (QED) is 0.268. The molecular weight excluding hydrogens is 464 g/mol. The first-order chi connectivity index (χ1) is 16.7. The topological polar surface area (TPSA) is 75.7 Å². The van der Waals surface area contributed by atoms with Crippen LogP contribution in [-0.4, -0.2) is 17.8 Å². The average molecular weight is 489 g/mol. The van der Waals surface area contributed by atoms with Gasteiger partial charge in [0.1, 0.15) is 16.5 Å². The van der Waals surface area contributed by atoms with E-state index in [4.69, 9.17) is 16.3 Å². The maximum atomic E-state index is 13.0. The highest BCUT2D eigenvalue weighted by Gasteiger charge is 2.38. The third kappa shape index (κ3) is 4.70. The minimum atomic E-state index is -0.590. The van der Waals surface area contributed by atoms with Crippen LogP contribution in [0.1, 0.15) is 39.5 Å². The molecule has 0 aromatic heterocycles. The van der Waals surface area contributed by atoms with Gasteiger partial charge in [0.2, 0.25) is 0 Å². The molecule has 0 radical (unpaired) electrons. The number of halogens is 1. The molecular formula is C28H25ClN2O4. The van der Waals surface area contributed by atoms with Gasteiger partial charge < -0.3 is 10.1 Å². The van der Waals surface area contributed by atoms with Crippen LogP contribution in [0.15, 0.2) is 71.4 Å². The Balaban J connectivity index is 1.49. The molecule has 3 aromatic rings. The molecule has 0 unspecified atom stereocenters. The third-order valence-corrected chi connectivity index (χ3v) is 6.44. The van der Waals surface area contributed by atoms with Crippen molar-refractivity contribution in [3.05, 3.63) is 99.2 Å². The Morgan fingerprint density at radius 3 is 2.14 bits per heavy atom. The summed E-state index contributed by atoms with van der Waals surface area (Å²) in [7, 11) is 0. The number of ether oxygens (including phenoxy) is 1. The van der Waals surface area contributed by atoms with E-state index in [1.54, 1.807) is 36.4 Å². The highest BCUT2D eigenvalue weighted by molar-refractivity contribution is 6.53. The predicted octanol–water partition coefficient (Wildman–Crippen LogP) is 5.83. The largest absolute Gasteiger partial charge is 0.422 e. The van der Waals surface area contributed by atoms with Crippen LogP contribution in [0.25, 0.3) is 0 Å². The molecule has 1 N–H and O–H groups in total. The third-order valence-electron chi connectivity index (χ3n) is 6.09. The summed E-state index contributed by atoms with van der Waals surface area (Å²) in [6.07, 6.45) is 0.849. The SMILES string of the molecule is CCc1ccc(N2C(=O)C(Cl)=C(Nc3ccc(C(=O)Oc4c(C)ccc(C)c4C)cc3)C2=O)cc1. The van der Waals surface area contributed by atoms with Gasteiger partial charge in [-0.25, -0.2) is 9.69 Å². The number of esters is 1. The van der Waals surface area contributed by atoms with E-state index in [2.05, 4.69) is 5.32 Å². The Kier molecular flexibility index (Phi) is 6.76. The first-order valence-electron chi connectivity index (χ1n) is 11.2. The van der Waals surface area contributed by atoms with Crippen LogP contribution in [0, 0.1) is 20.8 Å². The van der Waals surface area contributed by atoms with E-state index in [0.29, 0.717) is 22.7 Å². The lowest BCUT2D eigenvalue weighted by molar-refractivity contribution is -0.120. The smallest absolute Gasteiger partial charge is 0.343 e. The van der Waals surface area contributed by atoms with E-state index < -0.39 is 17.8 Å². The molecule has 6 nitrogen and oxygen atoms in total. The number of benzene rings is 3. The van der Waals surface area contributed by atoms with Gasteiger partial charge in [-0.2, -0.15) is 0 Å². The van der Waals surface area contributed by atoms with Crippen molar-refractivity contribution in [2.45, 2.75) is 34.1 Å². The van der Waals surface area contributed by atoms with Crippen LogP contribution < -0.4 is 15.0 Å². The van der Waals surface area contributed by atoms with E-state index in [1.807, 2.05) is 52.0 Å². The zero-order valence-corrected chi connectivity index (χ0v) is 20.7. The summed E-state index contributed by atoms with van der Waals surface area (Å²) < 4.78 is 5.65. The number of nitrogens with zero attached hydrogens (tertiary/aromatic N) is 1. The summed E-state index contributed by atoms with van der Waals surface area (Å²) >= 11 is 6.22. The van der Waals surface area contributed by atoms with Gasteiger partial charge in [0, 0.05) is 5.69 Å². The van der Waals surface area contributed by atoms with Crippen LogP contribution in [0.3, 0.4) is 0 Å². The molecule has 1 heterocycles. The summed E-state index contributed by atoms with van der Waals surface area (Å²) in [4.78, 5) is 39.4. The number of imide groups is 1. The van der Waals surface area contributed by atoms with Gasteiger partial charge in [-0.05, 0) is 85.8 Å². The molecule has 0 spiro atoms. The van der Waals surface area contributed by atoms with Crippen molar-refractivity contribution in [3.8, 4) is 5.75 Å². The fraction of sp³-hybridized carbons (Fsp3) is 0.179. The molecule has 35 heavy (non-hydrogen) atoms. The number of rotatable bonds is 6. The van der Waals surface area contributed by atoms with Gasteiger partial charge in [0.05, 0.1) is 11.3 Å². The maximum absolute atomic E-state index is 13.0. The number of aryl methyl sites for hydroxylation is 3. The second kappa shape index (κ2) is 9.76. The number of anilines is 2. The Morgan fingerprint density at radius 1 is 0.886 bits per heavy atom. The normalized spacial score (nSPS) is 13.5. The van der Waals surface area contributed by atoms with E-state index in [-0.39, 0.29) is 10.7 Å². The van der Waals surface area contributed by atoms with E-state index in [1.165, 1.54) is 0 Å². The standard InChI is InChI=1S/C28H25ClN2O4/c1-5-19-8-14-22(15-9-19)31-26(32)23(29)24(27(31)33)30-21-12-10-20(11-13-21)28(34)35-25-17(3)7-6-16(2)18(25)4/h6-15,30H,5H2,1-4H3. The fourth-order valence-electron chi connectivity index (χ4n) is 3.79. The Bertz CT molecular complexity index is 1360. The first kappa shape index (κ1) is 24.2. The van der Waals surface area contributed by atoms with Crippen LogP contribution in [0.5, 0.6) is 5.75 Å². The van der Waals surface area contributed by atoms with Crippen molar-refractivity contribution >= 4 is 40.8 Å². The molecule has 0 aliphatic carbocycles. The summed E-state index contributed by atoms with van der Waals surface area (Å²) in [5.41, 5.74) is 5.20. The van der Waals surface area contributed by atoms with E-state index >= 15 is 0 Å². The van der Waals surface area contributed by atoms with Crippen molar-refractivity contribution in [2.24, 2.45) is 0 Å². The highest BCUT2D eigenvalue weighted by Crippen LogP contribution is 2.31. The number of carbonyl (C=O) groups excluding carboxylic acids is 3. The summed E-state index contributed by atoms with van der Waals surface area (Å²) in [5, 5.41) is 2.73. The van der Waals surface area contributed by atoms with Crippen molar-refractivity contribution < 1.29 is 19.1 Å². The van der Waals surface area contributed by atoms with Crippen LogP contribution in [0.4, 0.5) is 11.4 Å². The maximum Gasteiger partial charge on any atom is 0.343 e. The highest BCUT2D eigenvalue weighted by atomic mass is 35.5. The molecule has 1 aliphatic rings. The Labute approximate surface area is 209 Å². The van der Waals surface area contributed by atoms with Gasteiger partial charge in [0.25, 0.3) is 11.8 Å². The minimum Gasteiger partial charge on any atom is -0.422 e. The van der Waals surface area contributed by atoms with Crippen LogP contribution >= 0.6 is 11.6 Å².